The van der Waals surface area contributed by atoms with Gasteiger partial charge in [0, 0.05) is 12.7 Å². The summed E-state index contributed by atoms with van der Waals surface area (Å²) in [5.74, 6) is 0.392. The molecular weight excluding hydrogens is 389 g/mol. The van der Waals surface area contributed by atoms with Gasteiger partial charge in [-0.1, -0.05) is 66.7 Å². The molecule has 0 saturated heterocycles. The van der Waals surface area contributed by atoms with Crippen LogP contribution in [0.25, 0.3) is 22.3 Å². The Morgan fingerprint density at radius 1 is 0.839 bits per heavy atom. The Bertz CT molecular complexity index is 1100. The smallest absolute Gasteiger partial charge is 0.241 e. The van der Waals surface area contributed by atoms with Gasteiger partial charge in [-0.15, -0.1) is 5.10 Å². The average molecular weight is 416 g/mol. The van der Waals surface area contributed by atoms with E-state index in [-0.39, 0.29) is 5.82 Å². The number of rotatable bonds is 8. The average Bonchev–Trinajstić information content (AvgIpc) is 3.21. The fourth-order valence-electron chi connectivity index (χ4n) is 3.34. The maximum Gasteiger partial charge on any atom is 0.241 e. The van der Waals surface area contributed by atoms with Crippen LogP contribution in [0.4, 0.5) is 4.39 Å². The Morgan fingerprint density at radius 2 is 1.45 bits per heavy atom. The lowest BCUT2D eigenvalue weighted by atomic mass is 10.0. The van der Waals surface area contributed by atoms with Gasteiger partial charge in [0.25, 0.3) is 0 Å². The third-order valence-electron chi connectivity index (χ3n) is 5.10. The summed E-state index contributed by atoms with van der Waals surface area (Å²) < 4.78 is 21.3. The first-order valence-electron chi connectivity index (χ1n) is 10.3. The Balaban J connectivity index is 1.59. The van der Waals surface area contributed by atoms with Crippen LogP contribution in [-0.2, 0) is 13.2 Å². The van der Waals surface area contributed by atoms with Crippen LogP contribution in [0.15, 0.2) is 85.1 Å². The number of benzene rings is 3. The van der Waals surface area contributed by atoms with Crippen LogP contribution in [0.2, 0.25) is 0 Å². The lowest BCUT2D eigenvalue weighted by Crippen LogP contribution is -2.18. The van der Waals surface area contributed by atoms with Gasteiger partial charge in [0.15, 0.2) is 0 Å². The molecule has 0 aliphatic carbocycles. The predicted molar refractivity (Wildman–Crippen MR) is 122 cm³/mol. The topological polar surface area (TPSA) is 30.3 Å². The van der Waals surface area contributed by atoms with Crippen molar-refractivity contribution in [3.8, 4) is 28.1 Å². The number of aromatic nitrogens is 2. The molecule has 1 aromatic heterocycles. The predicted octanol–water partition coefficient (Wildman–Crippen LogP) is 5.50. The number of halogens is 1. The molecule has 0 fully saturated rings. The summed E-state index contributed by atoms with van der Waals surface area (Å²) in [7, 11) is 4.09. The third kappa shape index (κ3) is 5.38. The van der Waals surface area contributed by atoms with Gasteiger partial charge in [0.2, 0.25) is 5.88 Å². The van der Waals surface area contributed by atoms with Crippen LogP contribution in [0.3, 0.4) is 0 Å². The maximum atomic E-state index is 13.2. The molecule has 158 valence electrons. The number of nitrogens with zero attached hydrogens (tertiary/aromatic N) is 3. The molecule has 0 spiro atoms. The molecule has 0 bridgehead atoms. The van der Waals surface area contributed by atoms with E-state index in [4.69, 9.17) is 9.84 Å². The van der Waals surface area contributed by atoms with Crippen molar-refractivity contribution >= 4 is 0 Å². The van der Waals surface area contributed by atoms with Gasteiger partial charge in [-0.3, -0.25) is 4.68 Å². The second-order valence-corrected chi connectivity index (χ2v) is 7.77. The summed E-state index contributed by atoms with van der Waals surface area (Å²) in [6, 6.07) is 24.8. The van der Waals surface area contributed by atoms with Gasteiger partial charge in [0.05, 0.1) is 12.1 Å². The van der Waals surface area contributed by atoms with Crippen molar-refractivity contribution in [1.82, 2.24) is 14.7 Å². The van der Waals surface area contributed by atoms with Crippen molar-refractivity contribution in [1.29, 1.82) is 0 Å². The molecule has 0 unspecified atom stereocenters. The SMILES string of the molecule is CN(C)CCn1cc(-c2ccc(-c3ccc(F)cc3)cc2)c(OCc2ccccc2)n1. The number of hydrogen-bond acceptors (Lipinski definition) is 3. The van der Waals surface area contributed by atoms with Crippen LogP contribution < -0.4 is 4.74 Å². The second kappa shape index (κ2) is 9.58. The van der Waals surface area contributed by atoms with E-state index in [0.717, 1.165) is 40.9 Å². The molecule has 0 aliphatic heterocycles. The van der Waals surface area contributed by atoms with Gasteiger partial charge in [-0.05, 0) is 48.5 Å². The molecule has 31 heavy (non-hydrogen) atoms. The van der Waals surface area contributed by atoms with E-state index in [9.17, 15) is 4.39 Å². The first-order chi connectivity index (χ1) is 15.1. The van der Waals surface area contributed by atoms with Crippen molar-refractivity contribution in [3.63, 3.8) is 0 Å². The first-order valence-corrected chi connectivity index (χ1v) is 10.3. The molecule has 0 N–H and O–H groups in total. The van der Waals surface area contributed by atoms with Gasteiger partial charge in [-0.2, -0.15) is 0 Å². The zero-order valence-corrected chi connectivity index (χ0v) is 17.8. The molecule has 4 nitrogen and oxygen atoms in total. The van der Waals surface area contributed by atoms with Crippen LogP contribution >= 0.6 is 0 Å². The lowest BCUT2D eigenvalue weighted by Gasteiger charge is -2.08. The van der Waals surface area contributed by atoms with Crippen molar-refractivity contribution in [3.05, 3.63) is 96.4 Å². The summed E-state index contributed by atoms with van der Waals surface area (Å²) in [5.41, 5.74) is 5.11. The summed E-state index contributed by atoms with van der Waals surface area (Å²) in [5, 5.41) is 4.69. The van der Waals surface area contributed by atoms with Gasteiger partial charge in [0.1, 0.15) is 12.4 Å². The minimum Gasteiger partial charge on any atom is -0.471 e. The van der Waals surface area contributed by atoms with E-state index < -0.39 is 0 Å². The molecule has 4 rings (SSSR count). The van der Waals surface area contributed by atoms with Gasteiger partial charge >= 0.3 is 0 Å². The van der Waals surface area contributed by atoms with Crippen LogP contribution in [-0.4, -0.2) is 35.3 Å². The maximum absolute atomic E-state index is 13.2. The molecule has 0 aliphatic rings. The van der Waals surface area contributed by atoms with Crippen molar-refractivity contribution in [2.45, 2.75) is 13.2 Å². The molecule has 4 aromatic rings. The third-order valence-corrected chi connectivity index (χ3v) is 5.10. The van der Waals surface area contributed by atoms with Gasteiger partial charge in [-0.25, -0.2) is 4.39 Å². The number of ether oxygens (including phenoxy) is 1. The van der Waals surface area contributed by atoms with Crippen molar-refractivity contribution < 1.29 is 9.13 Å². The lowest BCUT2D eigenvalue weighted by molar-refractivity contribution is 0.288. The second-order valence-electron chi connectivity index (χ2n) is 7.77. The summed E-state index contributed by atoms with van der Waals surface area (Å²) in [6.07, 6.45) is 2.04. The molecule has 1 heterocycles. The highest BCUT2D eigenvalue weighted by Crippen LogP contribution is 2.31. The summed E-state index contributed by atoms with van der Waals surface area (Å²) >= 11 is 0. The molecule has 0 radical (unpaired) electrons. The largest absolute Gasteiger partial charge is 0.471 e. The molecule has 5 heteroatoms. The van der Waals surface area contributed by atoms with E-state index >= 15 is 0 Å². The molecule has 0 amide bonds. The highest BCUT2D eigenvalue weighted by Gasteiger charge is 2.13. The van der Waals surface area contributed by atoms with E-state index in [0.29, 0.717) is 12.5 Å². The number of hydrogen-bond donors (Lipinski definition) is 0. The quantitative estimate of drug-likeness (QED) is 0.381. The van der Waals surface area contributed by atoms with E-state index in [2.05, 4.69) is 17.0 Å². The van der Waals surface area contributed by atoms with Crippen molar-refractivity contribution in [2.24, 2.45) is 0 Å². The summed E-state index contributed by atoms with van der Waals surface area (Å²) in [4.78, 5) is 2.13. The van der Waals surface area contributed by atoms with Crippen molar-refractivity contribution in [2.75, 3.05) is 20.6 Å². The molecule has 0 atom stereocenters. The van der Waals surface area contributed by atoms with Crippen LogP contribution in [0, 0.1) is 5.82 Å². The Labute approximate surface area is 182 Å². The highest BCUT2D eigenvalue weighted by atomic mass is 19.1. The van der Waals surface area contributed by atoms with E-state index in [1.54, 1.807) is 12.1 Å². The minimum atomic E-state index is -0.231. The summed E-state index contributed by atoms with van der Waals surface area (Å²) in [6.45, 7) is 2.14. The zero-order valence-electron chi connectivity index (χ0n) is 17.8. The Morgan fingerprint density at radius 3 is 2.10 bits per heavy atom. The van der Waals surface area contributed by atoms with Crippen LogP contribution in [0.1, 0.15) is 5.56 Å². The fraction of sp³-hybridized carbons (Fsp3) is 0.192. The fourth-order valence-corrected chi connectivity index (χ4v) is 3.34. The number of likely N-dealkylation sites (N-methyl/N-ethyl adjacent to an activating group) is 1. The first kappa shape index (κ1) is 20.8. The normalized spacial score (nSPS) is 11.1. The monoisotopic (exact) mass is 415 g/mol. The Hall–Kier alpha value is -3.44. The van der Waals surface area contributed by atoms with Gasteiger partial charge < -0.3 is 9.64 Å². The molecule has 0 saturated carbocycles. The minimum absolute atomic E-state index is 0.231. The van der Waals surface area contributed by atoms with E-state index in [1.807, 2.05) is 67.4 Å². The zero-order chi connectivity index (χ0) is 21.6. The Kier molecular flexibility index (Phi) is 6.43. The highest BCUT2D eigenvalue weighted by molar-refractivity contribution is 5.72. The van der Waals surface area contributed by atoms with E-state index in [1.165, 1.54) is 12.1 Å². The standard InChI is InChI=1S/C26H26FN3O/c1-29(2)16-17-30-18-25(26(28-30)31-19-20-6-4-3-5-7-20)23-10-8-21(9-11-23)22-12-14-24(27)15-13-22/h3-15,18H,16-17,19H2,1-2H3. The van der Waals surface area contributed by atoms with Crippen LogP contribution in [0.5, 0.6) is 5.88 Å². The molecule has 3 aromatic carbocycles. The molecular formula is C26H26FN3O.